The fraction of sp³-hybridized carbons (Fsp3) is 0.267. The first kappa shape index (κ1) is 13.8. The van der Waals surface area contributed by atoms with E-state index in [0.29, 0.717) is 29.1 Å². The van der Waals surface area contributed by atoms with Gasteiger partial charge in [-0.05, 0) is 31.0 Å². The van der Waals surface area contributed by atoms with Crippen LogP contribution in [0.1, 0.15) is 12.5 Å². The Morgan fingerprint density at radius 1 is 1.24 bits per heavy atom. The molecule has 0 atom stereocenters. The minimum atomic E-state index is -0.0475. The number of rotatable bonds is 4. The summed E-state index contributed by atoms with van der Waals surface area (Å²) < 4.78 is 3.35. The molecule has 3 rings (SSSR count). The molecule has 6 heteroatoms. The van der Waals surface area contributed by atoms with Gasteiger partial charge in [-0.3, -0.25) is 9.36 Å². The van der Waals surface area contributed by atoms with Crippen LogP contribution in [0.5, 0.6) is 0 Å². The summed E-state index contributed by atoms with van der Waals surface area (Å²) in [4.78, 5) is 16.7. The predicted octanol–water partition coefficient (Wildman–Crippen LogP) is 2.51. The highest BCUT2D eigenvalue weighted by molar-refractivity contribution is 6.30. The summed E-state index contributed by atoms with van der Waals surface area (Å²) in [6.45, 7) is 3.26. The lowest BCUT2D eigenvalue weighted by Crippen LogP contribution is -2.21. The van der Waals surface area contributed by atoms with Crippen LogP contribution in [0.15, 0.2) is 41.6 Å². The number of aromatic nitrogens is 4. The molecule has 0 saturated carbocycles. The van der Waals surface area contributed by atoms with E-state index in [9.17, 15) is 4.79 Å². The number of hydrogen-bond donors (Lipinski definition) is 0. The first-order valence-electron chi connectivity index (χ1n) is 6.84. The van der Waals surface area contributed by atoms with Crippen LogP contribution in [-0.4, -0.2) is 19.3 Å². The van der Waals surface area contributed by atoms with Crippen LogP contribution in [0, 0.1) is 0 Å². The molecule has 0 radical (unpaired) electrons. The third-order valence-electron chi connectivity index (χ3n) is 3.48. The molecule has 21 heavy (non-hydrogen) atoms. The van der Waals surface area contributed by atoms with Gasteiger partial charge in [-0.2, -0.15) is 5.10 Å². The molecule has 0 saturated heterocycles. The van der Waals surface area contributed by atoms with Gasteiger partial charge < -0.3 is 0 Å². The third-order valence-corrected chi connectivity index (χ3v) is 3.73. The highest BCUT2D eigenvalue weighted by Gasteiger charge is 2.08. The molecule has 108 valence electrons. The summed E-state index contributed by atoms with van der Waals surface area (Å²) >= 11 is 5.86. The third kappa shape index (κ3) is 2.69. The van der Waals surface area contributed by atoms with Gasteiger partial charge in [0.1, 0.15) is 5.39 Å². The molecular weight excluding hydrogens is 288 g/mol. The zero-order chi connectivity index (χ0) is 14.8. The lowest BCUT2D eigenvalue weighted by atomic mass is 10.1. The fourth-order valence-corrected chi connectivity index (χ4v) is 2.41. The van der Waals surface area contributed by atoms with Gasteiger partial charge in [0.15, 0.2) is 5.65 Å². The SMILES string of the molecule is CCn1ncc2c(=O)n(CCc3ccc(Cl)cc3)cnc21. The maximum absolute atomic E-state index is 12.4. The van der Waals surface area contributed by atoms with E-state index in [2.05, 4.69) is 10.1 Å². The van der Waals surface area contributed by atoms with Crippen molar-refractivity contribution in [2.45, 2.75) is 26.4 Å². The zero-order valence-electron chi connectivity index (χ0n) is 11.7. The Labute approximate surface area is 126 Å². The van der Waals surface area contributed by atoms with Gasteiger partial charge >= 0.3 is 0 Å². The second-order valence-corrected chi connectivity index (χ2v) is 5.25. The highest BCUT2D eigenvalue weighted by atomic mass is 35.5. The molecule has 0 aliphatic carbocycles. The molecule has 0 fully saturated rings. The zero-order valence-corrected chi connectivity index (χ0v) is 12.4. The Bertz CT molecular complexity index is 820. The average Bonchev–Trinajstić information content (AvgIpc) is 2.92. The largest absolute Gasteiger partial charge is 0.298 e. The van der Waals surface area contributed by atoms with Gasteiger partial charge in [-0.1, -0.05) is 23.7 Å². The van der Waals surface area contributed by atoms with Crippen LogP contribution >= 0.6 is 11.6 Å². The van der Waals surface area contributed by atoms with E-state index in [-0.39, 0.29) is 5.56 Å². The standard InChI is InChI=1S/C15H15ClN4O/c1-2-20-14-13(9-18-20)15(21)19(10-17-14)8-7-11-3-5-12(16)6-4-11/h3-6,9-10H,2,7-8H2,1H3. The molecule has 2 aromatic heterocycles. The molecule has 0 N–H and O–H groups in total. The lowest BCUT2D eigenvalue weighted by Gasteiger charge is -2.06. The maximum Gasteiger partial charge on any atom is 0.264 e. The molecular formula is C15H15ClN4O. The summed E-state index contributed by atoms with van der Waals surface area (Å²) in [5, 5.41) is 5.45. The Balaban J connectivity index is 1.86. The Hall–Kier alpha value is -2.14. The molecule has 2 heterocycles. The van der Waals surface area contributed by atoms with Crippen LogP contribution in [0.2, 0.25) is 5.02 Å². The molecule has 0 aliphatic heterocycles. The summed E-state index contributed by atoms with van der Waals surface area (Å²) in [5.41, 5.74) is 1.73. The average molecular weight is 303 g/mol. The van der Waals surface area contributed by atoms with Gasteiger partial charge in [-0.25, -0.2) is 9.67 Å². The summed E-state index contributed by atoms with van der Waals surface area (Å²) in [6, 6.07) is 7.64. The summed E-state index contributed by atoms with van der Waals surface area (Å²) in [6.07, 6.45) is 3.94. The van der Waals surface area contributed by atoms with E-state index in [4.69, 9.17) is 11.6 Å². The normalized spacial score (nSPS) is 11.1. The van der Waals surface area contributed by atoms with Gasteiger partial charge in [0.05, 0.1) is 12.5 Å². The first-order chi connectivity index (χ1) is 10.2. The van der Waals surface area contributed by atoms with Crippen molar-refractivity contribution in [1.82, 2.24) is 19.3 Å². The van der Waals surface area contributed by atoms with Crippen LogP contribution < -0.4 is 5.56 Å². The van der Waals surface area contributed by atoms with Crippen molar-refractivity contribution >= 4 is 22.6 Å². The van der Waals surface area contributed by atoms with Crippen molar-refractivity contribution in [1.29, 1.82) is 0 Å². The molecule has 0 spiro atoms. The minimum absolute atomic E-state index is 0.0475. The van der Waals surface area contributed by atoms with Crippen LogP contribution in [0.4, 0.5) is 0 Å². The number of hydrogen-bond acceptors (Lipinski definition) is 3. The Morgan fingerprint density at radius 2 is 2.00 bits per heavy atom. The number of benzene rings is 1. The van der Waals surface area contributed by atoms with Gasteiger partial charge in [0.2, 0.25) is 0 Å². The van der Waals surface area contributed by atoms with E-state index < -0.39 is 0 Å². The van der Waals surface area contributed by atoms with Crippen molar-refractivity contribution in [3.05, 3.63) is 57.7 Å². The first-order valence-corrected chi connectivity index (χ1v) is 7.22. The van der Waals surface area contributed by atoms with E-state index in [1.807, 2.05) is 31.2 Å². The van der Waals surface area contributed by atoms with Crippen molar-refractivity contribution < 1.29 is 0 Å². The highest BCUT2D eigenvalue weighted by Crippen LogP contribution is 2.10. The summed E-state index contributed by atoms with van der Waals surface area (Å²) in [5.74, 6) is 0. The Morgan fingerprint density at radius 3 is 2.71 bits per heavy atom. The van der Waals surface area contributed by atoms with Gasteiger partial charge in [-0.15, -0.1) is 0 Å². The molecule has 1 aromatic carbocycles. The molecule has 3 aromatic rings. The lowest BCUT2D eigenvalue weighted by molar-refractivity contribution is 0.651. The van der Waals surface area contributed by atoms with Gasteiger partial charge in [0, 0.05) is 18.1 Å². The quantitative estimate of drug-likeness (QED) is 0.744. The van der Waals surface area contributed by atoms with E-state index in [1.54, 1.807) is 21.8 Å². The smallest absolute Gasteiger partial charge is 0.264 e. The topological polar surface area (TPSA) is 52.7 Å². The van der Waals surface area contributed by atoms with Crippen molar-refractivity contribution in [3.63, 3.8) is 0 Å². The number of aryl methyl sites for hydroxylation is 3. The van der Waals surface area contributed by atoms with Gasteiger partial charge in [0.25, 0.3) is 5.56 Å². The molecule has 0 unspecified atom stereocenters. The van der Waals surface area contributed by atoms with Crippen LogP contribution in [0.25, 0.3) is 11.0 Å². The predicted molar refractivity (Wildman–Crippen MR) is 82.6 cm³/mol. The van der Waals surface area contributed by atoms with E-state index in [1.165, 1.54) is 0 Å². The second-order valence-electron chi connectivity index (χ2n) is 4.82. The minimum Gasteiger partial charge on any atom is -0.298 e. The summed E-state index contributed by atoms with van der Waals surface area (Å²) in [7, 11) is 0. The van der Waals surface area contributed by atoms with Crippen molar-refractivity contribution in [2.75, 3.05) is 0 Å². The van der Waals surface area contributed by atoms with E-state index >= 15 is 0 Å². The molecule has 5 nitrogen and oxygen atoms in total. The fourth-order valence-electron chi connectivity index (χ4n) is 2.29. The molecule has 0 amide bonds. The van der Waals surface area contributed by atoms with Crippen LogP contribution in [0.3, 0.4) is 0 Å². The monoisotopic (exact) mass is 302 g/mol. The number of fused-ring (bicyclic) bond motifs is 1. The number of nitrogens with zero attached hydrogens (tertiary/aromatic N) is 4. The van der Waals surface area contributed by atoms with E-state index in [0.717, 1.165) is 12.0 Å². The van der Waals surface area contributed by atoms with Crippen molar-refractivity contribution in [2.24, 2.45) is 0 Å². The van der Waals surface area contributed by atoms with Crippen molar-refractivity contribution in [3.8, 4) is 0 Å². The molecule has 0 bridgehead atoms. The Kier molecular flexibility index (Phi) is 3.75. The van der Waals surface area contributed by atoms with Crippen LogP contribution in [-0.2, 0) is 19.5 Å². The number of halogens is 1. The second kappa shape index (κ2) is 5.69. The molecule has 0 aliphatic rings. The maximum atomic E-state index is 12.4.